The first-order chi connectivity index (χ1) is 17.9. The number of rotatable bonds is 7. The van der Waals surface area contributed by atoms with Crippen LogP contribution in [0.4, 0.5) is 11.4 Å². The van der Waals surface area contributed by atoms with Crippen molar-refractivity contribution in [1.82, 2.24) is 4.57 Å². The number of amides is 1. The Labute approximate surface area is 214 Å². The highest BCUT2D eigenvalue weighted by atomic mass is 16.6. The zero-order chi connectivity index (χ0) is 25.9. The van der Waals surface area contributed by atoms with E-state index in [1.807, 2.05) is 68.4 Å². The van der Waals surface area contributed by atoms with Gasteiger partial charge in [0.05, 0.1) is 12.6 Å². The van der Waals surface area contributed by atoms with Crippen LogP contribution in [-0.2, 0) is 17.9 Å². The molecule has 1 amide bonds. The summed E-state index contributed by atoms with van der Waals surface area (Å²) < 4.78 is 18.2. The molecule has 5 rings (SSSR count). The molecule has 8 nitrogen and oxygen atoms in total. The fourth-order valence-corrected chi connectivity index (χ4v) is 4.33. The molecule has 0 saturated heterocycles. The molecular formula is C29H29N3O5. The number of aromatic nitrogens is 1. The quantitative estimate of drug-likeness (QED) is 0.385. The van der Waals surface area contributed by atoms with Crippen LogP contribution in [0.1, 0.15) is 16.7 Å². The Morgan fingerprint density at radius 2 is 1.62 bits per heavy atom. The maximum Gasteiger partial charge on any atom is 0.256 e. The summed E-state index contributed by atoms with van der Waals surface area (Å²) in [5.41, 5.74) is 4.65. The lowest BCUT2D eigenvalue weighted by Gasteiger charge is -2.21. The van der Waals surface area contributed by atoms with E-state index in [0.29, 0.717) is 41.5 Å². The average molecular weight is 500 g/mol. The van der Waals surface area contributed by atoms with Crippen molar-refractivity contribution < 1.29 is 19.0 Å². The van der Waals surface area contributed by atoms with Gasteiger partial charge < -0.3 is 24.8 Å². The normalized spacial score (nSPS) is 12.3. The molecule has 0 unspecified atom stereocenters. The molecule has 0 saturated carbocycles. The first-order valence-electron chi connectivity index (χ1n) is 12.1. The molecule has 0 aliphatic carbocycles. The minimum absolute atomic E-state index is 0.141. The van der Waals surface area contributed by atoms with E-state index in [-0.39, 0.29) is 24.6 Å². The zero-order valence-corrected chi connectivity index (χ0v) is 21.1. The van der Waals surface area contributed by atoms with Gasteiger partial charge in [0, 0.05) is 34.9 Å². The Morgan fingerprint density at radius 3 is 2.32 bits per heavy atom. The summed E-state index contributed by atoms with van der Waals surface area (Å²) in [6.07, 6.45) is 0. The number of carbonyl (C=O) groups excluding carboxylic acids is 1. The number of methoxy groups -OCH3 is 1. The van der Waals surface area contributed by atoms with Crippen molar-refractivity contribution in [2.45, 2.75) is 26.9 Å². The van der Waals surface area contributed by atoms with Crippen LogP contribution in [0.2, 0.25) is 0 Å². The van der Waals surface area contributed by atoms with Crippen LogP contribution in [0, 0.1) is 13.8 Å². The van der Waals surface area contributed by atoms with Crippen LogP contribution in [0.25, 0.3) is 10.9 Å². The van der Waals surface area contributed by atoms with Gasteiger partial charge in [-0.2, -0.15) is 0 Å². The van der Waals surface area contributed by atoms with Crippen LogP contribution in [0.3, 0.4) is 0 Å². The summed E-state index contributed by atoms with van der Waals surface area (Å²) in [6, 6.07) is 18.7. The molecular weight excluding hydrogens is 470 g/mol. The predicted octanol–water partition coefficient (Wildman–Crippen LogP) is 4.65. The van der Waals surface area contributed by atoms with Gasteiger partial charge in [0.2, 0.25) is 5.91 Å². The van der Waals surface area contributed by atoms with Crippen molar-refractivity contribution in [3.05, 3.63) is 87.7 Å². The van der Waals surface area contributed by atoms with Crippen LogP contribution in [0.15, 0.2) is 65.5 Å². The molecule has 1 aliphatic heterocycles. The highest BCUT2D eigenvalue weighted by molar-refractivity contribution is 5.92. The van der Waals surface area contributed by atoms with Gasteiger partial charge in [-0.05, 0) is 73.5 Å². The second-order valence-corrected chi connectivity index (χ2v) is 9.04. The van der Waals surface area contributed by atoms with Crippen molar-refractivity contribution in [3.63, 3.8) is 0 Å². The monoisotopic (exact) mass is 499 g/mol. The van der Waals surface area contributed by atoms with Crippen LogP contribution in [0.5, 0.6) is 17.2 Å². The summed E-state index contributed by atoms with van der Waals surface area (Å²) >= 11 is 0. The maximum absolute atomic E-state index is 13.6. The molecule has 37 heavy (non-hydrogen) atoms. The van der Waals surface area contributed by atoms with Gasteiger partial charge in [-0.15, -0.1) is 0 Å². The van der Waals surface area contributed by atoms with Gasteiger partial charge in [-0.1, -0.05) is 6.07 Å². The van der Waals surface area contributed by atoms with Crippen molar-refractivity contribution >= 4 is 28.2 Å². The third kappa shape index (κ3) is 5.23. The topological polar surface area (TPSA) is 90.8 Å². The number of nitrogens with one attached hydrogen (secondary N) is 2. The molecule has 1 aliphatic rings. The van der Waals surface area contributed by atoms with Crippen LogP contribution in [-0.4, -0.2) is 30.8 Å². The van der Waals surface area contributed by atoms with Crippen LogP contribution < -0.4 is 30.4 Å². The number of fused-ring (bicyclic) bond motifs is 2. The van der Waals surface area contributed by atoms with E-state index in [0.717, 1.165) is 28.0 Å². The Morgan fingerprint density at radius 1 is 0.919 bits per heavy atom. The second-order valence-electron chi connectivity index (χ2n) is 9.04. The Kier molecular flexibility index (Phi) is 6.72. The summed E-state index contributed by atoms with van der Waals surface area (Å²) in [5, 5.41) is 6.99. The molecule has 190 valence electrons. The summed E-state index contributed by atoms with van der Waals surface area (Å²) in [4.78, 5) is 26.7. The molecule has 3 aromatic carbocycles. The maximum atomic E-state index is 13.6. The lowest BCUT2D eigenvalue weighted by molar-refractivity contribution is -0.116. The first kappa shape index (κ1) is 24.2. The van der Waals surface area contributed by atoms with Gasteiger partial charge in [0.25, 0.3) is 5.56 Å². The standard InChI is InChI=1S/C29H29N3O5/c1-18-4-5-23(12-19(18)2)31-28(33)17-32-25-15-27-26(36-10-11-37-27)14-20(25)13-21(29(32)34)16-30-22-6-8-24(35-3)9-7-22/h4-9,12-15,30H,10-11,16-17H2,1-3H3,(H,31,33). The number of benzene rings is 3. The van der Waals surface area contributed by atoms with E-state index in [9.17, 15) is 9.59 Å². The molecule has 0 radical (unpaired) electrons. The summed E-state index contributed by atoms with van der Waals surface area (Å²) in [6.45, 7) is 5.05. The number of aryl methyl sites for hydroxylation is 2. The molecule has 4 aromatic rings. The zero-order valence-electron chi connectivity index (χ0n) is 21.1. The minimum Gasteiger partial charge on any atom is -0.497 e. The van der Waals surface area contributed by atoms with Crippen molar-refractivity contribution in [1.29, 1.82) is 0 Å². The number of pyridine rings is 1. The van der Waals surface area contributed by atoms with E-state index in [1.165, 1.54) is 4.57 Å². The fraction of sp³-hybridized carbons (Fsp3) is 0.241. The second kappa shape index (κ2) is 10.3. The van der Waals surface area contributed by atoms with Crippen molar-refractivity contribution in [3.8, 4) is 17.2 Å². The molecule has 0 atom stereocenters. The molecule has 0 bridgehead atoms. The van der Waals surface area contributed by atoms with E-state index >= 15 is 0 Å². The van der Waals surface area contributed by atoms with E-state index < -0.39 is 0 Å². The molecule has 0 fully saturated rings. The Hall–Kier alpha value is -4.46. The summed E-state index contributed by atoms with van der Waals surface area (Å²) in [5.74, 6) is 1.64. The highest BCUT2D eigenvalue weighted by Gasteiger charge is 2.18. The Bertz CT molecular complexity index is 1530. The number of hydrogen-bond donors (Lipinski definition) is 2. The average Bonchev–Trinajstić information content (AvgIpc) is 2.91. The van der Waals surface area contributed by atoms with Gasteiger partial charge in [-0.3, -0.25) is 14.2 Å². The first-order valence-corrected chi connectivity index (χ1v) is 12.1. The van der Waals surface area contributed by atoms with E-state index in [4.69, 9.17) is 14.2 Å². The molecule has 1 aromatic heterocycles. The third-order valence-corrected chi connectivity index (χ3v) is 6.50. The SMILES string of the molecule is COc1ccc(NCc2cc3cc4c(cc3n(CC(=O)Nc3ccc(C)c(C)c3)c2=O)OCCO4)cc1. The molecule has 2 heterocycles. The Balaban J connectivity index is 1.48. The number of hydrogen-bond acceptors (Lipinski definition) is 6. The van der Waals surface area contributed by atoms with Crippen molar-refractivity contribution in [2.24, 2.45) is 0 Å². The number of carbonyl (C=O) groups is 1. The number of ether oxygens (including phenoxy) is 3. The predicted molar refractivity (Wildman–Crippen MR) is 144 cm³/mol. The molecule has 0 spiro atoms. The van der Waals surface area contributed by atoms with Crippen molar-refractivity contribution in [2.75, 3.05) is 31.0 Å². The lowest BCUT2D eigenvalue weighted by atomic mass is 10.1. The largest absolute Gasteiger partial charge is 0.497 e. The smallest absolute Gasteiger partial charge is 0.256 e. The third-order valence-electron chi connectivity index (χ3n) is 6.50. The van der Waals surface area contributed by atoms with E-state index in [1.54, 1.807) is 13.2 Å². The molecule has 8 heteroatoms. The fourth-order valence-electron chi connectivity index (χ4n) is 4.33. The number of anilines is 2. The minimum atomic E-state index is -0.290. The van der Waals surface area contributed by atoms with E-state index in [2.05, 4.69) is 10.6 Å². The van der Waals surface area contributed by atoms with Gasteiger partial charge in [0.1, 0.15) is 25.5 Å². The highest BCUT2D eigenvalue weighted by Crippen LogP contribution is 2.34. The van der Waals surface area contributed by atoms with Gasteiger partial charge >= 0.3 is 0 Å². The summed E-state index contributed by atoms with van der Waals surface area (Å²) in [7, 11) is 1.61. The van der Waals surface area contributed by atoms with Gasteiger partial charge in [0.15, 0.2) is 11.5 Å². The van der Waals surface area contributed by atoms with Gasteiger partial charge in [-0.25, -0.2) is 0 Å². The van der Waals surface area contributed by atoms with Crippen LogP contribution >= 0.6 is 0 Å². The number of nitrogens with zero attached hydrogens (tertiary/aromatic N) is 1. The molecule has 2 N–H and O–H groups in total. The lowest BCUT2D eigenvalue weighted by Crippen LogP contribution is -2.31.